The van der Waals surface area contributed by atoms with Gasteiger partial charge in [-0.05, 0) is 35.2 Å². The van der Waals surface area contributed by atoms with Crippen LogP contribution >= 0.6 is 22.9 Å². The van der Waals surface area contributed by atoms with Crippen molar-refractivity contribution < 1.29 is 4.79 Å². The molecule has 1 aromatic carbocycles. The molecule has 0 aliphatic carbocycles. The van der Waals surface area contributed by atoms with Gasteiger partial charge in [-0.15, -0.1) is 11.3 Å². The van der Waals surface area contributed by atoms with E-state index in [0.29, 0.717) is 11.6 Å². The van der Waals surface area contributed by atoms with Crippen LogP contribution in [0.3, 0.4) is 0 Å². The Kier molecular flexibility index (Phi) is 4.01. The second kappa shape index (κ2) is 5.70. The molecule has 0 saturated heterocycles. The molecule has 5 heteroatoms. The summed E-state index contributed by atoms with van der Waals surface area (Å²) >= 11 is 7.26. The summed E-state index contributed by atoms with van der Waals surface area (Å²) in [7, 11) is 0. The number of benzene rings is 1. The van der Waals surface area contributed by atoms with Gasteiger partial charge in [0.1, 0.15) is 0 Å². The minimum atomic E-state index is -0.206. The summed E-state index contributed by atoms with van der Waals surface area (Å²) in [5.74, 6) is 0. The van der Waals surface area contributed by atoms with E-state index in [1.165, 1.54) is 11.3 Å². The topological polar surface area (TPSA) is 41.1 Å². The standard InChI is InChI=1S/C12H11ClN2OS/c13-10-5-3-9(4-6-10)8-14-12(16)15-11-2-1-7-17-11/h1-7H,8H2,(H2,14,15,16). The van der Waals surface area contributed by atoms with E-state index in [2.05, 4.69) is 10.6 Å². The number of thiophene rings is 1. The van der Waals surface area contributed by atoms with E-state index in [0.717, 1.165) is 10.6 Å². The average molecular weight is 267 g/mol. The van der Waals surface area contributed by atoms with Gasteiger partial charge >= 0.3 is 6.03 Å². The molecule has 0 unspecified atom stereocenters. The van der Waals surface area contributed by atoms with Crippen LogP contribution in [0.2, 0.25) is 5.02 Å². The summed E-state index contributed by atoms with van der Waals surface area (Å²) in [6, 6.07) is 10.9. The molecule has 2 amide bonds. The first-order valence-corrected chi connectivity index (χ1v) is 6.32. The highest BCUT2D eigenvalue weighted by Crippen LogP contribution is 2.14. The molecule has 2 rings (SSSR count). The maximum Gasteiger partial charge on any atom is 0.320 e. The van der Waals surface area contributed by atoms with Crippen LogP contribution in [0.25, 0.3) is 0 Å². The zero-order valence-electron chi connectivity index (χ0n) is 8.94. The van der Waals surface area contributed by atoms with Crippen molar-refractivity contribution >= 4 is 34.0 Å². The number of hydrogen-bond acceptors (Lipinski definition) is 2. The zero-order chi connectivity index (χ0) is 12.1. The van der Waals surface area contributed by atoms with Crippen LogP contribution in [0, 0.1) is 0 Å². The second-order valence-corrected chi connectivity index (χ2v) is 4.80. The molecule has 1 heterocycles. The third-order valence-electron chi connectivity index (χ3n) is 2.12. The van der Waals surface area contributed by atoms with Crippen molar-refractivity contribution in [1.29, 1.82) is 0 Å². The molecule has 0 saturated carbocycles. The van der Waals surface area contributed by atoms with E-state index >= 15 is 0 Å². The van der Waals surface area contributed by atoms with Crippen LogP contribution in [-0.4, -0.2) is 6.03 Å². The summed E-state index contributed by atoms with van der Waals surface area (Å²) in [5, 5.41) is 8.95. The molecule has 0 aliphatic rings. The minimum Gasteiger partial charge on any atom is -0.334 e. The van der Waals surface area contributed by atoms with Gasteiger partial charge in [0.15, 0.2) is 0 Å². The van der Waals surface area contributed by atoms with Crippen molar-refractivity contribution in [1.82, 2.24) is 5.32 Å². The second-order valence-electron chi connectivity index (χ2n) is 3.41. The molecule has 0 atom stereocenters. The van der Waals surface area contributed by atoms with Gasteiger partial charge in [0.25, 0.3) is 0 Å². The molecular formula is C12H11ClN2OS. The number of rotatable bonds is 3. The Morgan fingerprint density at radius 3 is 2.65 bits per heavy atom. The van der Waals surface area contributed by atoms with E-state index in [1.54, 1.807) is 12.1 Å². The van der Waals surface area contributed by atoms with E-state index in [4.69, 9.17) is 11.6 Å². The maximum atomic E-state index is 11.5. The Morgan fingerprint density at radius 2 is 2.00 bits per heavy atom. The average Bonchev–Trinajstić information content (AvgIpc) is 2.81. The predicted octanol–water partition coefficient (Wildman–Crippen LogP) is 3.72. The minimum absolute atomic E-state index is 0.206. The van der Waals surface area contributed by atoms with Gasteiger partial charge in [0.2, 0.25) is 0 Å². The molecule has 0 spiro atoms. The van der Waals surface area contributed by atoms with Gasteiger partial charge in [0, 0.05) is 11.6 Å². The lowest BCUT2D eigenvalue weighted by Crippen LogP contribution is -2.27. The smallest absolute Gasteiger partial charge is 0.320 e. The first kappa shape index (κ1) is 12.0. The number of nitrogens with one attached hydrogen (secondary N) is 2. The van der Waals surface area contributed by atoms with Crippen molar-refractivity contribution in [3.8, 4) is 0 Å². The lowest BCUT2D eigenvalue weighted by molar-refractivity contribution is 0.252. The summed E-state index contributed by atoms with van der Waals surface area (Å²) in [4.78, 5) is 11.5. The van der Waals surface area contributed by atoms with Crippen molar-refractivity contribution in [2.24, 2.45) is 0 Å². The van der Waals surface area contributed by atoms with Gasteiger partial charge < -0.3 is 5.32 Å². The molecule has 0 fully saturated rings. The van der Waals surface area contributed by atoms with Crippen LogP contribution in [0.5, 0.6) is 0 Å². The highest BCUT2D eigenvalue weighted by atomic mass is 35.5. The van der Waals surface area contributed by atoms with Crippen molar-refractivity contribution in [2.45, 2.75) is 6.54 Å². The van der Waals surface area contributed by atoms with Crippen LogP contribution in [-0.2, 0) is 6.54 Å². The Labute approximate surface area is 108 Å². The van der Waals surface area contributed by atoms with Crippen LogP contribution < -0.4 is 10.6 Å². The number of urea groups is 1. The fourth-order valence-corrected chi connectivity index (χ4v) is 2.03. The lowest BCUT2D eigenvalue weighted by Gasteiger charge is -2.06. The van der Waals surface area contributed by atoms with Gasteiger partial charge in [-0.2, -0.15) is 0 Å². The van der Waals surface area contributed by atoms with E-state index in [1.807, 2.05) is 29.6 Å². The maximum absolute atomic E-state index is 11.5. The van der Waals surface area contributed by atoms with Crippen molar-refractivity contribution in [2.75, 3.05) is 5.32 Å². The largest absolute Gasteiger partial charge is 0.334 e. The summed E-state index contributed by atoms with van der Waals surface area (Å²) in [5.41, 5.74) is 1.01. The Hall–Kier alpha value is -1.52. The Morgan fingerprint density at radius 1 is 1.24 bits per heavy atom. The predicted molar refractivity (Wildman–Crippen MR) is 71.6 cm³/mol. The molecule has 3 nitrogen and oxygen atoms in total. The Balaban J connectivity index is 1.82. The van der Waals surface area contributed by atoms with E-state index in [-0.39, 0.29) is 6.03 Å². The number of amides is 2. The number of anilines is 1. The third kappa shape index (κ3) is 3.76. The molecular weight excluding hydrogens is 256 g/mol. The van der Waals surface area contributed by atoms with Gasteiger partial charge in [-0.3, -0.25) is 5.32 Å². The number of halogens is 1. The van der Waals surface area contributed by atoms with Gasteiger partial charge in [0.05, 0.1) is 5.00 Å². The number of carbonyl (C=O) groups excluding carboxylic acids is 1. The zero-order valence-corrected chi connectivity index (χ0v) is 10.5. The molecule has 2 aromatic rings. The number of hydrogen-bond donors (Lipinski definition) is 2. The molecule has 88 valence electrons. The molecule has 17 heavy (non-hydrogen) atoms. The lowest BCUT2D eigenvalue weighted by atomic mass is 10.2. The highest BCUT2D eigenvalue weighted by Gasteiger charge is 2.01. The third-order valence-corrected chi connectivity index (χ3v) is 3.16. The SMILES string of the molecule is O=C(NCc1ccc(Cl)cc1)Nc1cccs1. The Bertz CT molecular complexity index is 482. The summed E-state index contributed by atoms with van der Waals surface area (Å²) in [6.07, 6.45) is 0. The van der Waals surface area contributed by atoms with Crippen LogP contribution in [0.15, 0.2) is 41.8 Å². The molecule has 0 aliphatic heterocycles. The normalized spacial score (nSPS) is 9.94. The summed E-state index contributed by atoms with van der Waals surface area (Å²) < 4.78 is 0. The first-order valence-electron chi connectivity index (χ1n) is 5.07. The van der Waals surface area contributed by atoms with E-state index in [9.17, 15) is 4.79 Å². The fourth-order valence-electron chi connectivity index (χ4n) is 1.29. The molecule has 0 bridgehead atoms. The number of carbonyl (C=O) groups is 1. The monoisotopic (exact) mass is 266 g/mol. The van der Waals surface area contributed by atoms with Crippen LogP contribution in [0.4, 0.5) is 9.80 Å². The van der Waals surface area contributed by atoms with Crippen LogP contribution in [0.1, 0.15) is 5.56 Å². The first-order chi connectivity index (χ1) is 8.24. The van der Waals surface area contributed by atoms with Gasteiger partial charge in [-0.1, -0.05) is 23.7 Å². The van der Waals surface area contributed by atoms with E-state index < -0.39 is 0 Å². The van der Waals surface area contributed by atoms with Crippen molar-refractivity contribution in [3.05, 3.63) is 52.4 Å². The summed E-state index contributed by atoms with van der Waals surface area (Å²) in [6.45, 7) is 0.481. The molecule has 0 radical (unpaired) electrons. The molecule has 1 aromatic heterocycles. The quantitative estimate of drug-likeness (QED) is 0.873. The van der Waals surface area contributed by atoms with Crippen molar-refractivity contribution in [3.63, 3.8) is 0 Å². The van der Waals surface area contributed by atoms with Gasteiger partial charge in [-0.25, -0.2) is 4.79 Å². The fraction of sp³-hybridized carbons (Fsp3) is 0.0833. The molecule has 2 N–H and O–H groups in total. The highest BCUT2D eigenvalue weighted by molar-refractivity contribution is 7.14.